The van der Waals surface area contributed by atoms with Gasteiger partial charge in [-0.05, 0) is 19.8 Å². The monoisotopic (exact) mass is 291 g/mol. The number of ketones is 1. The van der Waals surface area contributed by atoms with Gasteiger partial charge in [-0.2, -0.15) is 0 Å². The molecule has 1 heterocycles. The van der Waals surface area contributed by atoms with Gasteiger partial charge in [0.05, 0.1) is 6.61 Å². The highest BCUT2D eigenvalue weighted by molar-refractivity contribution is 9.09. The first-order valence-corrected chi connectivity index (χ1v) is 6.81. The molecule has 1 rings (SSSR count). The summed E-state index contributed by atoms with van der Waals surface area (Å²) in [6.07, 6.45) is 1.87. The molecule has 0 saturated carbocycles. The Morgan fingerprint density at radius 1 is 1.38 bits per heavy atom. The van der Waals surface area contributed by atoms with E-state index in [0.29, 0.717) is 31.9 Å². The van der Waals surface area contributed by atoms with Crippen molar-refractivity contribution in [3.8, 4) is 0 Å². The zero-order valence-corrected chi connectivity index (χ0v) is 11.2. The predicted molar refractivity (Wildman–Crippen MR) is 64.7 cm³/mol. The summed E-state index contributed by atoms with van der Waals surface area (Å²) in [6, 6.07) is 0. The molecule has 0 unspecified atom stereocenters. The summed E-state index contributed by atoms with van der Waals surface area (Å²) >= 11 is 3.27. The number of ether oxygens (including phenoxy) is 1. The maximum Gasteiger partial charge on any atom is 0.409 e. The van der Waals surface area contributed by atoms with Crippen molar-refractivity contribution in [3.05, 3.63) is 0 Å². The Balaban J connectivity index is 2.33. The lowest BCUT2D eigenvalue weighted by atomic mass is 9.91. The SMILES string of the molecule is CCOC(=O)N1CCC(C(=O)CCBr)CC1. The van der Waals surface area contributed by atoms with Crippen LogP contribution in [0, 0.1) is 5.92 Å². The van der Waals surface area contributed by atoms with E-state index in [-0.39, 0.29) is 12.0 Å². The molecule has 1 amide bonds. The predicted octanol–water partition coefficient (Wildman–Crippen LogP) is 2.21. The van der Waals surface area contributed by atoms with Crippen LogP contribution in [0.1, 0.15) is 26.2 Å². The Morgan fingerprint density at radius 2 is 2.00 bits per heavy atom. The average Bonchev–Trinajstić information content (AvgIpc) is 2.30. The Hall–Kier alpha value is -0.580. The van der Waals surface area contributed by atoms with E-state index in [1.807, 2.05) is 0 Å². The molecule has 0 N–H and O–H groups in total. The summed E-state index contributed by atoms with van der Waals surface area (Å²) in [5, 5.41) is 0.726. The molecule has 1 aliphatic rings. The molecule has 1 saturated heterocycles. The van der Waals surface area contributed by atoms with Gasteiger partial charge in [-0.3, -0.25) is 4.79 Å². The van der Waals surface area contributed by atoms with E-state index in [1.165, 1.54) is 0 Å². The molecule has 0 bridgehead atoms. The maximum absolute atomic E-state index is 11.6. The van der Waals surface area contributed by atoms with Crippen molar-refractivity contribution >= 4 is 27.8 Å². The number of piperidine rings is 1. The number of hydrogen-bond acceptors (Lipinski definition) is 3. The highest BCUT2D eigenvalue weighted by Gasteiger charge is 2.27. The number of Topliss-reactive ketones (excluding diaryl/α,β-unsaturated/α-hetero) is 1. The number of carbonyl (C=O) groups excluding carboxylic acids is 2. The smallest absolute Gasteiger partial charge is 0.409 e. The van der Waals surface area contributed by atoms with E-state index < -0.39 is 0 Å². The molecular formula is C11H18BrNO3. The van der Waals surface area contributed by atoms with Crippen molar-refractivity contribution in [3.63, 3.8) is 0 Å². The highest BCUT2D eigenvalue weighted by atomic mass is 79.9. The van der Waals surface area contributed by atoms with Gasteiger partial charge in [-0.25, -0.2) is 4.79 Å². The number of alkyl halides is 1. The zero-order valence-electron chi connectivity index (χ0n) is 9.58. The second-order valence-corrected chi connectivity index (χ2v) is 4.66. The van der Waals surface area contributed by atoms with Gasteiger partial charge < -0.3 is 9.64 Å². The molecule has 1 fully saturated rings. The number of carbonyl (C=O) groups is 2. The maximum atomic E-state index is 11.6. The van der Waals surface area contributed by atoms with Gasteiger partial charge >= 0.3 is 6.09 Å². The molecule has 0 spiro atoms. The van der Waals surface area contributed by atoms with Gasteiger partial charge in [-0.15, -0.1) is 0 Å². The molecule has 0 aromatic rings. The second kappa shape index (κ2) is 6.89. The molecule has 0 radical (unpaired) electrons. The summed E-state index contributed by atoms with van der Waals surface area (Å²) < 4.78 is 4.92. The molecule has 1 aliphatic heterocycles. The van der Waals surface area contributed by atoms with Crippen LogP contribution in [0.2, 0.25) is 0 Å². The van der Waals surface area contributed by atoms with Gasteiger partial charge in [0.2, 0.25) is 0 Å². The van der Waals surface area contributed by atoms with Gasteiger partial charge in [0.15, 0.2) is 0 Å². The van der Waals surface area contributed by atoms with Crippen molar-refractivity contribution in [2.45, 2.75) is 26.2 Å². The van der Waals surface area contributed by atoms with Crippen LogP contribution in [-0.4, -0.2) is 41.8 Å². The molecule has 0 aromatic heterocycles. The molecule has 4 nitrogen and oxygen atoms in total. The first-order chi connectivity index (χ1) is 7.69. The van der Waals surface area contributed by atoms with Crippen molar-refractivity contribution < 1.29 is 14.3 Å². The topological polar surface area (TPSA) is 46.6 Å². The molecule has 0 aliphatic carbocycles. The van der Waals surface area contributed by atoms with E-state index in [9.17, 15) is 9.59 Å². The minimum absolute atomic E-state index is 0.128. The molecule has 0 aromatic carbocycles. The highest BCUT2D eigenvalue weighted by Crippen LogP contribution is 2.20. The summed E-state index contributed by atoms with van der Waals surface area (Å²) in [6.45, 7) is 3.47. The van der Waals surface area contributed by atoms with Gasteiger partial charge in [0, 0.05) is 30.8 Å². The quantitative estimate of drug-likeness (QED) is 0.746. The fourth-order valence-electron chi connectivity index (χ4n) is 1.90. The van der Waals surface area contributed by atoms with Crippen LogP contribution in [-0.2, 0) is 9.53 Å². The van der Waals surface area contributed by atoms with Crippen molar-refractivity contribution in [2.24, 2.45) is 5.92 Å². The molecular weight excluding hydrogens is 274 g/mol. The number of halogens is 1. The third-order valence-electron chi connectivity index (χ3n) is 2.82. The lowest BCUT2D eigenvalue weighted by molar-refractivity contribution is -0.123. The number of amides is 1. The Kier molecular flexibility index (Phi) is 5.80. The van der Waals surface area contributed by atoms with Gasteiger partial charge in [0.25, 0.3) is 0 Å². The molecule has 92 valence electrons. The first kappa shape index (κ1) is 13.5. The standard InChI is InChI=1S/C11H18BrNO3/c1-2-16-11(15)13-7-4-9(5-8-13)10(14)3-6-12/h9H,2-8H2,1H3. The van der Waals surface area contributed by atoms with Crippen LogP contribution in [0.4, 0.5) is 4.79 Å². The van der Waals surface area contributed by atoms with Crippen molar-refractivity contribution in [1.29, 1.82) is 0 Å². The molecule has 0 atom stereocenters. The van der Waals surface area contributed by atoms with Crippen LogP contribution >= 0.6 is 15.9 Å². The Labute approximate surface area is 104 Å². The third kappa shape index (κ3) is 3.77. The van der Waals surface area contributed by atoms with E-state index in [2.05, 4.69) is 15.9 Å². The summed E-state index contributed by atoms with van der Waals surface area (Å²) in [5.41, 5.74) is 0. The molecule has 16 heavy (non-hydrogen) atoms. The van der Waals surface area contributed by atoms with Crippen LogP contribution in [0.5, 0.6) is 0 Å². The summed E-state index contributed by atoms with van der Waals surface area (Å²) in [5.74, 6) is 0.434. The lowest BCUT2D eigenvalue weighted by Gasteiger charge is -2.30. The Bertz CT molecular complexity index is 224. The largest absolute Gasteiger partial charge is 0.450 e. The second-order valence-electron chi connectivity index (χ2n) is 3.87. The van der Waals surface area contributed by atoms with E-state index in [4.69, 9.17) is 4.74 Å². The first-order valence-electron chi connectivity index (χ1n) is 5.69. The van der Waals surface area contributed by atoms with Crippen molar-refractivity contribution in [1.82, 2.24) is 4.90 Å². The summed E-state index contributed by atoms with van der Waals surface area (Å²) in [7, 11) is 0. The molecule has 5 heteroatoms. The number of likely N-dealkylation sites (tertiary alicyclic amines) is 1. The van der Waals surface area contributed by atoms with Crippen LogP contribution in [0.25, 0.3) is 0 Å². The fourth-order valence-corrected chi connectivity index (χ4v) is 2.29. The average molecular weight is 292 g/mol. The minimum Gasteiger partial charge on any atom is -0.450 e. The Morgan fingerprint density at radius 3 is 2.50 bits per heavy atom. The van der Waals surface area contributed by atoms with E-state index in [0.717, 1.165) is 18.2 Å². The number of hydrogen-bond donors (Lipinski definition) is 0. The fraction of sp³-hybridized carbons (Fsp3) is 0.818. The van der Waals surface area contributed by atoms with E-state index >= 15 is 0 Å². The van der Waals surface area contributed by atoms with Crippen molar-refractivity contribution in [2.75, 3.05) is 25.0 Å². The van der Waals surface area contributed by atoms with E-state index in [1.54, 1.807) is 11.8 Å². The number of rotatable bonds is 4. The number of nitrogens with zero attached hydrogens (tertiary/aromatic N) is 1. The zero-order chi connectivity index (χ0) is 12.0. The van der Waals surface area contributed by atoms with Gasteiger partial charge in [0.1, 0.15) is 5.78 Å². The third-order valence-corrected chi connectivity index (χ3v) is 3.21. The van der Waals surface area contributed by atoms with Crippen LogP contribution in [0.15, 0.2) is 0 Å². The summed E-state index contributed by atoms with van der Waals surface area (Å²) in [4.78, 5) is 24.7. The lowest BCUT2D eigenvalue weighted by Crippen LogP contribution is -2.40. The normalized spacial score (nSPS) is 17.2. The van der Waals surface area contributed by atoms with Crippen LogP contribution < -0.4 is 0 Å². The minimum atomic E-state index is -0.256. The van der Waals surface area contributed by atoms with Crippen LogP contribution in [0.3, 0.4) is 0 Å². The van der Waals surface area contributed by atoms with Gasteiger partial charge in [-0.1, -0.05) is 15.9 Å².